The number of carboxylic acids is 1. The molecule has 6 heteroatoms. The summed E-state index contributed by atoms with van der Waals surface area (Å²) in [6.45, 7) is 2.97. The van der Waals surface area contributed by atoms with Gasteiger partial charge in [0.25, 0.3) is 0 Å². The maximum atomic E-state index is 11.4. The summed E-state index contributed by atoms with van der Waals surface area (Å²) in [4.78, 5) is 21.7. The summed E-state index contributed by atoms with van der Waals surface area (Å²) in [6, 6.07) is 0. The molecule has 2 heterocycles. The van der Waals surface area contributed by atoms with E-state index in [0.717, 1.165) is 0 Å². The molecule has 0 unspecified atom stereocenters. The average Bonchev–Trinajstić information content (AvgIpc) is 2.81. The first-order chi connectivity index (χ1) is 8.08. The molecule has 0 aromatic heterocycles. The third kappa shape index (κ3) is 2.76. The number of rotatable bonds is 4. The van der Waals surface area contributed by atoms with E-state index in [9.17, 15) is 9.59 Å². The molecule has 0 saturated carbocycles. The Morgan fingerprint density at radius 2 is 1.94 bits per heavy atom. The van der Waals surface area contributed by atoms with Crippen LogP contribution >= 0.6 is 0 Å². The third-order valence-electron chi connectivity index (χ3n) is 3.08. The molecule has 0 aromatic rings. The van der Waals surface area contributed by atoms with Crippen LogP contribution in [-0.4, -0.2) is 48.6 Å². The number of ether oxygens (including phenoxy) is 3. The van der Waals surface area contributed by atoms with Crippen LogP contribution in [0.2, 0.25) is 0 Å². The average molecular weight is 244 g/mol. The summed E-state index contributed by atoms with van der Waals surface area (Å²) in [7, 11) is 0. The zero-order chi connectivity index (χ0) is 12.4. The van der Waals surface area contributed by atoms with Crippen LogP contribution in [0.5, 0.6) is 0 Å². The Morgan fingerprint density at radius 3 is 2.65 bits per heavy atom. The van der Waals surface area contributed by atoms with E-state index in [1.807, 2.05) is 6.92 Å². The minimum absolute atomic E-state index is 0.00715. The minimum Gasteiger partial charge on any atom is -0.481 e. The lowest BCUT2D eigenvalue weighted by molar-refractivity contribution is -0.156. The lowest BCUT2D eigenvalue weighted by atomic mass is 10.0. The van der Waals surface area contributed by atoms with Crippen LogP contribution in [0.3, 0.4) is 0 Å². The first-order valence-corrected chi connectivity index (χ1v) is 5.72. The van der Waals surface area contributed by atoms with Crippen molar-refractivity contribution in [2.24, 2.45) is 5.92 Å². The lowest BCUT2D eigenvalue weighted by Crippen LogP contribution is -2.32. The summed E-state index contributed by atoms with van der Waals surface area (Å²) in [5.41, 5.74) is 0. The third-order valence-corrected chi connectivity index (χ3v) is 3.08. The van der Waals surface area contributed by atoms with Gasteiger partial charge < -0.3 is 19.3 Å². The molecular weight excluding hydrogens is 228 g/mol. The van der Waals surface area contributed by atoms with E-state index in [0.29, 0.717) is 19.1 Å². The first kappa shape index (κ1) is 12.3. The van der Waals surface area contributed by atoms with E-state index >= 15 is 0 Å². The molecule has 17 heavy (non-hydrogen) atoms. The molecule has 0 radical (unpaired) electrons. The van der Waals surface area contributed by atoms with Crippen molar-refractivity contribution in [3.8, 4) is 0 Å². The van der Waals surface area contributed by atoms with Crippen LogP contribution in [0.4, 0.5) is 0 Å². The number of hydrogen-bond donors (Lipinski definition) is 1. The van der Waals surface area contributed by atoms with Crippen LogP contribution in [0, 0.1) is 5.92 Å². The van der Waals surface area contributed by atoms with Gasteiger partial charge >= 0.3 is 11.9 Å². The van der Waals surface area contributed by atoms with E-state index in [1.165, 1.54) is 0 Å². The maximum absolute atomic E-state index is 11.4. The molecule has 2 fully saturated rings. The standard InChI is InChI=1S/C11H16O6/c1-6-4-15-11-7(5-16-10(6)11)17-9(14)3-2-8(12)13/h6-7,10-11H,2-5H2,1H3,(H,12,13)/t6-,7-,10+,11+/m0/s1. The highest BCUT2D eigenvalue weighted by Gasteiger charge is 2.47. The van der Waals surface area contributed by atoms with Crippen LogP contribution in [0.25, 0.3) is 0 Å². The summed E-state index contributed by atoms with van der Waals surface area (Å²) in [5.74, 6) is -1.21. The fourth-order valence-corrected chi connectivity index (χ4v) is 2.19. The molecule has 0 spiro atoms. The fourth-order valence-electron chi connectivity index (χ4n) is 2.19. The Bertz CT molecular complexity index is 315. The minimum atomic E-state index is -1.01. The van der Waals surface area contributed by atoms with Gasteiger partial charge in [-0.3, -0.25) is 9.59 Å². The number of esters is 1. The van der Waals surface area contributed by atoms with Crippen molar-refractivity contribution in [1.29, 1.82) is 0 Å². The Morgan fingerprint density at radius 1 is 1.24 bits per heavy atom. The van der Waals surface area contributed by atoms with Gasteiger partial charge in [-0.15, -0.1) is 0 Å². The van der Waals surface area contributed by atoms with E-state index in [1.54, 1.807) is 0 Å². The van der Waals surface area contributed by atoms with Gasteiger partial charge in [-0.1, -0.05) is 6.92 Å². The molecule has 0 bridgehead atoms. The van der Waals surface area contributed by atoms with Gasteiger partial charge in [0.2, 0.25) is 0 Å². The number of carbonyl (C=O) groups is 2. The molecule has 2 aliphatic rings. The van der Waals surface area contributed by atoms with Crippen LogP contribution in [0.15, 0.2) is 0 Å². The second-order valence-corrected chi connectivity index (χ2v) is 4.50. The first-order valence-electron chi connectivity index (χ1n) is 5.72. The molecule has 0 aromatic carbocycles. The van der Waals surface area contributed by atoms with Gasteiger partial charge in [-0.2, -0.15) is 0 Å². The second kappa shape index (κ2) is 5.01. The van der Waals surface area contributed by atoms with Crippen molar-refractivity contribution in [2.45, 2.75) is 38.1 Å². The predicted octanol–water partition coefficient (Wildman–Crippen LogP) is 0.197. The number of carbonyl (C=O) groups excluding carboxylic acids is 1. The summed E-state index contributed by atoms with van der Waals surface area (Å²) in [6.07, 6.45) is -0.923. The molecule has 4 atom stereocenters. The molecule has 0 amide bonds. The molecule has 0 aliphatic carbocycles. The number of fused-ring (bicyclic) bond motifs is 1. The second-order valence-electron chi connectivity index (χ2n) is 4.50. The Kier molecular flexibility index (Phi) is 3.63. The maximum Gasteiger partial charge on any atom is 0.306 e. The quantitative estimate of drug-likeness (QED) is 0.711. The fraction of sp³-hybridized carbons (Fsp3) is 0.818. The van der Waals surface area contributed by atoms with E-state index in [-0.39, 0.29) is 25.0 Å². The highest BCUT2D eigenvalue weighted by Crippen LogP contribution is 2.32. The summed E-state index contributed by atoms with van der Waals surface area (Å²) in [5, 5.41) is 8.45. The van der Waals surface area contributed by atoms with Crippen molar-refractivity contribution in [1.82, 2.24) is 0 Å². The van der Waals surface area contributed by atoms with Crippen molar-refractivity contribution in [3.05, 3.63) is 0 Å². The summed E-state index contributed by atoms with van der Waals surface area (Å²) < 4.78 is 16.2. The zero-order valence-electron chi connectivity index (χ0n) is 9.63. The topological polar surface area (TPSA) is 82.1 Å². The monoisotopic (exact) mass is 244 g/mol. The van der Waals surface area contributed by atoms with Crippen molar-refractivity contribution >= 4 is 11.9 Å². The normalized spacial score (nSPS) is 35.6. The van der Waals surface area contributed by atoms with E-state index < -0.39 is 18.0 Å². The highest BCUT2D eigenvalue weighted by molar-refractivity contribution is 5.76. The summed E-state index contributed by atoms with van der Waals surface area (Å²) >= 11 is 0. The van der Waals surface area contributed by atoms with Crippen molar-refractivity contribution < 1.29 is 28.9 Å². The van der Waals surface area contributed by atoms with Crippen molar-refractivity contribution in [2.75, 3.05) is 13.2 Å². The van der Waals surface area contributed by atoms with Crippen molar-refractivity contribution in [3.63, 3.8) is 0 Å². The zero-order valence-corrected chi connectivity index (χ0v) is 9.63. The van der Waals surface area contributed by atoms with E-state index in [2.05, 4.69) is 0 Å². The molecule has 6 nitrogen and oxygen atoms in total. The largest absolute Gasteiger partial charge is 0.481 e. The molecule has 2 aliphatic heterocycles. The van der Waals surface area contributed by atoms with Crippen LogP contribution in [-0.2, 0) is 23.8 Å². The van der Waals surface area contributed by atoms with Gasteiger partial charge in [0.05, 0.1) is 32.2 Å². The molecule has 2 saturated heterocycles. The van der Waals surface area contributed by atoms with E-state index in [4.69, 9.17) is 19.3 Å². The molecule has 96 valence electrons. The lowest BCUT2D eigenvalue weighted by Gasteiger charge is -2.16. The van der Waals surface area contributed by atoms with Gasteiger partial charge in [-0.25, -0.2) is 0 Å². The Balaban J connectivity index is 1.80. The van der Waals surface area contributed by atoms with Crippen LogP contribution in [0.1, 0.15) is 19.8 Å². The number of hydrogen-bond acceptors (Lipinski definition) is 5. The Labute approximate surface area is 98.8 Å². The SMILES string of the molecule is C[C@H]1CO[C@H]2[C@@H]1OC[C@@H]2OC(=O)CCC(=O)O. The Hall–Kier alpha value is -1.14. The van der Waals surface area contributed by atoms with Gasteiger partial charge in [0.15, 0.2) is 6.10 Å². The number of aliphatic carboxylic acids is 1. The number of carboxylic acid groups (broad SMARTS) is 1. The van der Waals surface area contributed by atoms with Gasteiger partial charge in [0.1, 0.15) is 6.10 Å². The highest BCUT2D eigenvalue weighted by atomic mass is 16.6. The molecule has 2 rings (SSSR count). The van der Waals surface area contributed by atoms with Crippen LogP contribution < -0.4 is 0 Å². The molecule has 1 N–H and O–H groups in total. The smallest absolute Gasteiger partial charge is 0.306 e. The predicted molar refractivity (Wildman–Crippen MR) is 55.4 cm³/mol. The van der Waals surface area contributed by atoms with Gasteiger partial charge in [0, 0.05) is 5.92 Å². The van der Waals surface area contributed by atoms with Gasteiger partial charge in [-0.05, 0) is 0 Å². The molecular formula is C11H16O6.